The van der Waals surface area contributed by atoms with E-state index in [1.54, 1.807) is 13.0 Å². The molecule has 5 nitrogen and oxygen atoms in total. The van der Waals surface area contributed by atoms with Crippen molar-refractivity contribution in [1.29, 1.82) is 0 Å². The van der Waals surface area contributed by atoms with Crippen LogP contribution in [0.5, 0.6) is 0 Å². The maximum Gasteiger partial charge on any atom is 0.115 e. The van der Waals surface area contributed by atoms with E-state index >= 15 is 0 Å². The van der Waals surface area contributed by atoms with Crippen LogP contribution < -0.4 is 11.5 Å². The van der Waals surface area contributed by atoms with Gasteiger partial charge in [-0.3, -0.25) is 4.99 Å². The number of amidine groups is 1. The average molecular weight is 285 g/mol. The van der Waals surface area contributed by atoms with E-state index in [1.807, 2.05) is 11.4 Å². The summed E-state index contributed by atoms with van der Waals surface area (Å²) in [5.41, 5.74) is 11.3. The van der Waals surface area contributed by atoms with Crippen molar-refractivity contribution in [2.45, 2.75) is 44.4 Å². The quantitative estimate of drug-likeness (QED) is 0.325. The molecule has 0 aromatic carbocycles. The Morgan fingerprint density at radius 3 is 2.74 bits per heavy atom. The number of hydrogen-bond acceptors (Lipinski definition) is 5. The van der Waals surface area contributed by atoms with Crippen LogP contribution in [0.25, 0.3) is 0 Å². The highest BCUT2D eigenvalue weighted by atomic mass is 32.1. The van der Waals surface area contributed by atoms with Crippen molar-refractivity contribution in [3.63, 3.8) is 0 Å². The summed E-state index contributed by atoms with van der Waals surface area (Å²) in [6.45, 7) is 2.44. The molecule has 0 aliphatic heterocycles. The monoisotopic (exact) mass is 285 g/mol. The van der Waals surface area contributed by atoms with Crippen LogP contribution in [0.3, 0.4) is 0 Å². The van der Waals surface area contributed by atoms with E-state index in [0.717, 1.165) is 17.7 Å². The van der Waals surface area contributed by atoms with Crippen LogP contribution in [-0.4, -0.2) is 34.7 Å². The zero-order chi connectivity index (χ0) is 14.3. The van der Waals surface area contributed by atoms with Crippen LogP contribution in [-0.2, 0) is 0 Å². The number of unbranched alkanes of at least 4 members (excludes halogenated alkanes) is 1. The van der Waals surface area contributed by atoms with Gasteiger partial charge in [0.2, 0.25) is 0 Å². The highest BCUT2D eigenvalue weighted by Crippen LogP contribution is 2.24. The predicted molar refractivity (Wildman–Crippen MR) is 79.3 cm³/mol. The van der Waals surface area contributed by atoms with E-state index in [2.05, 4.69) is 4.99 Å². The van der Waals surface area contributed by atoms with Crippen molar-refractivity contribution in [2.75, 3.05) is 6.54 Å². The Morgan fingerprint density at radius 1 is 1.42 bits per heavy atom. The number of nitrogens with two attached hydrogens (primary N) is 2. The Hall–Kier alpha value is -0.950. The highest BCUT2D eigenvalue weighted by molar-refractivity contribution is 7.10. The average Bonchev–Trinajstić information content (AvgIpc) is 2.89. The number of thiophene rings is 1. The molecular formula is C13H23N3O2S. The molecule has 6 heteroatoms. The van der Waals surface area contributed by atoms with Crippen molar-refractivity contribution >= 4 is 17.2 Å². The molecule has 1 aromatic rings. The van der Waals surface area contributed by atoms with Crippen molar-refractivity contribution in [3.05, 3.63) is 22.4 Å². The fourth-order valence-corrected chi connectivity index (χ4v) is 2.53. The molecular weight excluding hydrogens is 262 g/mol. The summed E-state index contributed by atoms with van der Waals surface area (Å²) in [5, 5.41) is 21.8. The molecule has 6 N–H and O–H groups in total. The van der Waals surface area contributed by atoms with E-state index < -0.39 is 18.2 Å². The second kappa shape index (κ2) is 8.27. The summed E-state index contributed by atoms with van der Waals surface area (Å²) < 4.78 is 0. The third-order valence-corrected chi connectivity index (χ3v) is 3.85. The number of aliphatic hydroxyl groups excluding tert-OH is 2. The van der Waals surface area contributed by atoms with Gasteiger partial charge in [-0.05, 0) is 37.6 Å². The Balaban J connectivity index is 2.28. The van der Waals surface area contributed by atoms with Gasteiger partial charge in [0, 0.05) is 17.5 Å². The van der Waals surface area contributed by atoms with Crippen molar-refractivity contribution in [3.8, 4) is 0 Å². The topological polar surface area (TPSA) is 105 Å². The molecule has 0 saturated heterocycles. The fourth-order valence-electron chi connectivity index (χ4n) is 1.78. The Labute approximate surface area is 118 Å². The lowest BCUT2D eigenvalue weighted by Crippen LogP contribution is -2.38. The first-order valence-corrected chi connectivity index (χ1v) is 7.32. The number of aliphatic imine (C=N–C) groups is 1. The first-order valence-electron chi connectivity index (χ1n) is 6.44. The lowest BCUT2D eigenvalue weighted by Gasteiger charge is -2.23. The van der Waals surface area contributed by atoms with Crippen molar-refractivity contribution < 1.29 is 10.2 Å². The summed E-state index contributed by atoms with van der Waals surface area (Å²) >= 11 is 1.41. The molecule has 0 radical (unpaired) electrons. The highest BCUT2D eigenvalue weighted by Gasteiger charge is 2.24. The van der Waals surface area contributed by atoms with Gasteiger partial charge < -0.3 is 21.7 Å². The molecule has 1 heterocycles. The fraction of sp³-hybridized carbons (Fsp3) is 0.615. The van der Waals surface area contributed by atoms with E-state index in [-0.39, 0.29) is 0 Å². The zero-order valence-electron chi connectivity index (χ0n) is 11.2. The van der Waals surface area contributed by atoms with Gasteiger partial charge in [-0.15, -0.1) is 11.3 Å². The normalized spacial score (nSPS) is 17.2. The summed E-state index contributed by atoms with van der Waals surface area (Å²) in [6, 6.07) is 3.21. The molecule has 0 bridgehead atoms. The van der Waals surface area contributed by atoms with Gasteiger partial charge in [0.15, 0.2) is 0 Å². The van der Waals surface area contributed by atoms with Crippen LogP contribution in [0.2, 0.25) is 0 Å². The molecule has 0 fully saturated rings. The summed E-state index contributed by atoms with van der Waals surface area (Å²) in [6.07, 6.45) is 0.552. The second-order valence-corrected chi connectivity index (χ2v) is 5.61. The van der Waals surface area contributed by atoms with Gasteiger partial charge >= 0.3 is 0 Å². The first-order chi connectivity index (χ1) is 9.02. The smallest absolute Gasteiger partial charge is 0.115 e. The molecule has 0 aliphatic rings. The SMILES string of the molecule is CC(N)=NCCCC[C@H](N)C(O)C(O)c1cccs1. The first kappa shape index (κ1) is 16.1. The van der Waals surface area contributed by atoms with E-state index in [4.69, 9.17) is 11.5 Å². The molecule has 0 saturated carbocycles. The van der Waals surface area contributed by atoms with E-state index in [0.29, 0.717) is 18.8 Å². The molecule has 108 valence electrons. The van der Waals surface area contributed by atoms with E-state index in [9.17, 15) is 10.2 Å². The zero-order valence-corrected chi connectivity index (χ0v) is 12.0. The summed E-state index contributed by atoms with van der Waals surface area (Å²) in [7, 11) is 0. The largest absolute Gasteiger partial charge is 0.388 e. The molecule has 2 unspecified atom stereocenters. The van der Waals surface area contributed by atoms with Gasteiger partial charge in [0.25, 0.3) is 0 Å². The van der Waals surface area contributed by atoms with Crippen LogP contribution in [0.4, 0.5) is 0 Å². The van der Waals surface area contributed by atoms with Gasteiger partial charge in [-0.25, -0.2) is 0 Å². The Morgan fingerprint density at radius 2 is 2.16 bits per heavy atom. The summed E-state index contributed by atoms with van der Waals surface area (Å²) in [5.74, 6) is 0.581. The van der Waals surface area contributed by atoms with Gasteiger partial charge in [-0.2, -0.15) is 0 Å². The molecule has 19 heavy (non-hydrogen) atoms. The molecule has 0 spiro atoms. The third-order valence-electron chi connectivity index (χ3n) is 2.90. The predicted octanol–water partition coefficient (Wildman–Crippen LogP) is 1.02. The molecule has 0 aliphatic carbocycles. The number of rotatable bonds is 8. The van der Waals surface area contributed by atoms with Gasteiger partial charge in [0.05, 0.1) is 11.9 Å². The molecule has 1 aromatic heterocycles. The van der Waals surface area contributed by atoms with Crippen molar-refractivity contribution in [1.82, 2.24) is 0 Å². The van der Waals surface area contributed by atoms with Crippen molar-refractivity contribution in [2.24, 2.45) is 16.5 Å². The van der Waals surface area contributed by atoms with Crippen LogP contribution in [0, 0.1) is 0 Å². The Kier molecular flexibility index (Phi) is 7.01. The molecule has 1 rings (SSSR count). The minimum absolute atomic E-state index is 0.431. The molecule has 3 atom stereocenters. The van der Waals surface area contributed by atoms with E-state index in [1.165, 1.54) is 11.3 Å². The summed E-state index contributed by atoms with van der Waals surface area (Å²) in [4.78, 5) is 4.83. The molecule has 0 amide bonds. The standard InChI is InChI=1S/C13H23N3O2S/c1-9(14)16-7-3-2-5-10(15)12(17)13(18)11-6-4-8-19-11/h4,6,8,10,12-13,17-18H,2-3,5,7,15H2,1H3,(H2,14,16)/t10-,12?,13?/m0/s1. The number of aliphatic hydroxyl groups is 2. The van der Waals surface area contributed by atoms with Gasteiger partial charge in [0.1, 0.15) is 6.10 Å². The van der Waals surface area contributed by atoms with Crippen LogP contribution in [0.15, 0.2) is 22.5 Å². The number of nitrogens with zero attached hydrogens (tertiary/aromatic N) is 1. The van der Waals surface area contributed by atoms with Crippen LogP contribution in [0.1, 0.15) is 37.2 Å². The lowest BCUT2D eigenvalue weighted by molar-refractivity contribution is 0.00281. The second-order valence-electron chi connectivity index (χ2n) is 4.63. The maximum atomic E-state index is 9.99. The minimum atomic E-state index is -0.932. The maximum absolute atomic E-state index is 9.99. The Bertz CT molecular complexity index is 377. The minimum Gasteiger partial charge on any atom is -0.388 e. The van der Waals surface area contributed by atoms with Crippen LogP contribution >= 0.6 is 11.3 Å². The number of hydrogen-bond donors (Lipinski definition) is 4. The van der Waals surface area contributed by atoms with Gasteiger partial charge in [-0.1, -0.05) is 6.07 Å². The lowest BCUT2D eigenvalue weighted by atomic mass is 10.00. The third kappa shape index (κ3) is 5.69.